The smallest absolute Gasteiger partial charge is 0.0397 e. The quantitative estimate of drug-likeness (QED) is 0.145. The van der Waals surface area contributed by atoms with Crippen LogP contribution in [0.1, 0.15) is 0 Å². The lowest BCUT2D eigenvalue weighted by atomic mass is 10.0. The fourth-order valence-corrected chi connectivity index (χ4v) is 11.8. The van der Waals surface area contributed by atoms with Crippen molar-refractivity contribution in [3.63, 3.8) is 0 Å². The molecule has 0 aliphatic carbocycles. The minimum atomic E-state index is -2.61. The first kappa shape index (κ1) is 25.7. The van der Waals surface area contributed by atoms with Gasteiger partial charge in [0.2, 0.25) is 0 Å². The Bertz CT molecular complexity index is 2360. The van der Waals surface area contributed by atoms with Crippen molar-refractivity contribution in [3.8, 4) is 0 Å². The largest absolute Gasteiger partial charge is 0.0825 e. The Labute approximate surface area is 261 Å². The van der Waals surface area contributed by atoms with Crippen molar-refractivity contribution in [3.05, 3.63) is 164 Å². The average molecular weight is 595 g/mol. The van der Waals surface area contributed by atoms with Gasteiger partial charge in [0.05, 0.1) is 0 Å². The molecule has 0 saturated heterocycles. The summed E-state index contributed by atoms with van der Waals surface area (Å²) in [6.07, 6.45) is 0. The Morgan fingerprint density at radius 3 is 0.818 bits per heavy atom. The van der Waals surface area contributed by atoms with E-state index in [1.807, 2.05) is 0 Å². The normalized spacial score (nSPS) is 12.2. The maximum atomic E-state index is 7.26. The zero-order chi connectivity index (χ0) is 29.3. The Morgan fingerprint density at radius 1 is 0.273 bits per heavy atom. The van der Waals surface area contributed by atoms with E-state index >= 15 is 0 Å². The van der Waals surface area contributed by atoms with Crippen LogP contribution < -0.4 is 15.9 Å². The van der Waals surface area contributed by atoms with E-state index in [9.17, 15) is 0 Å². The molecule has 206 valence electrons. The summed E-state index contributed by atoms with van der Waals surface area (Å²) in [5.74, 6) is 0. The van der Waals surface area contributed by atoms with Gasteiger partial charge in [0.1, 0.15) is 0 Å². The minimum Gasteiger partial charge on any atom is -0.0825 e. The molecule has 9 aromatic carbocycles. The van der Waals surface area contributed by atoms with Crippen LogP contribution in [0.2, 0.25) is 0 Å². The summed E-state index contributed by atoms with van der Waals surface area (Å²) in [5.41, 5.74) is 0. The van der Waals surface area contributed by atoms with Gasteiger partial charge in [-0.2, -0.15) is 0 Å². The predicted octanol–water partition coefficient (Wildman–Crippen LogP) is 10.4. The van der Waals surface area contributed by atoms with Crippen molar-refractivity contribution in [1.82, 2.24) is 0 Å². The van der Waals surface area contributed by atoms with Crippen molar-refractivity contribution in [2.24, 2.45) is 0 Å². The van der Waals surface area contributed by atoms with Crippen LogP contribution in [0.15, 0.2) is 164 Å². The number of benzene rings is 9. The fraction of sp³-hybridized carbons (Fsp3) is 0. The zero-order valence-corrected chi connectivity index (χ0v) is 25.7. The van der Waals surface area contributed by atoms with Gasteiger partial charge in [-0.3, -0.25) is 0 Å². The van der Waals surface area contributed by atoms with Crippen LogP contribution in [0.3, 0.4) is 0 Å². The van der Waals surface area contributed by atoms with Gasteiger partial charge in [-0.15, -0.1) is 0 Å². The first-order chi connectivity index (χ1) is 21.7. The summed E-state index contributed by atoms with van der Waals surface area (Å²) in [6, 6.07) is 57.6. The third-order valence-electron chi connectivity index (χ3n) is 9.19. The van der Waals surface area contributed by atoms with Crippen molar-refractivity contribution in [2.75, 3.05) is 0 Å². The number of fused-ring (bicyclic) bond motifs is 6. The molecular weight excluding hydrogens is 568 g/mol. The number of hydrogen-bond acceptors (Lipinski definition) is 1. The van der Waals surface area contributed by atoms with Crippen LogP contribution in [-0.4, -0.2) is 0 Å². The van der Waals surface area contributed by atoms with E-state index in [0.29, 0.717) is 0 Å². The van der Waals surface area contributed by atoms with Crippen molar-refractivity contribution < 1.29 is 0 Å². The highest BCUT2D eigenvalue weighted by Gasteiger charge is 2.30. The van der Waals surface area contributed by atoms with E-state index in [2.05, 4.69) is 164 Å². The summed E-state index contributed by atoms with van der Waals surface area (Å²) in [7, 11) is 0. The van der Waals surface area contributed by atoms with Gasteiger partial charge in [-0.1, -0.05) is 139 Å². The summed E-state index contributed by atoms with van der Waals surface area (Å²) < 4.78 is 0. The third kappa shape index (κ3) is 3.87. The second-order valence-corrected chi connectivity index (χ2v) is 16.0. The first-order valence-electron chi connectivity index (χ1n) is 15.0. The van der Waals surface area contributed by atoms with Crippen LogP contribution in [-0.2, 0) is 11.8 Å². The molecule has 0 amide bonds. The van der Waals surface area contributed by atoms with Gasteiger partial charge >= 0.3 is 0 Å². The topological polar surface area (TPSA) is 0 Å². The molecule has 0 saturated carbocycles. The van der Waals surface area contributed by atoms with E-state index in [-0.39, 0.29) is 0 Å². The molecule has 0 fully saturated rings. The lowest BCUT2D eigenvalue weighted by Crippen LogP contribution is -2.26. The Balaban J connectivity index is 1.46. The molecular formula is C42H27PS. The molecule has 44 heavy (non-hydrogen) atoms. The maximum absolute atomic E-state index is 7.26. The lowest BCUT2D eigenvalue weighted by Gasteiger charge is -2.28. The summed E-state index contributed by atoms with van der Waals surface area (Å²) in [4.78, 5) is 0. The molecule has 0 unspecified atom stereocenters. The van der Waals surface area contributed by atoms with E-state index < -0.39 is 6.04 Å². The predicted molar refractivity (Wildman–Crippen MR) is 198 cm³/mol. The van der Waals surface area contributed by atoms with Gasteiger partial charge in [-0.25, -0.2) is 0 Å². The van der Waals surface area contributed by atoms with Gasteiger partial charge in [0, 0.05) is 22.0 Å². The number of hydrogen-bond donors (Lipinski definition) is 0. The van der Waals surface area contributed by atoms with E-state index in [1.165, 1.54) is 80.5 Å². The Kier molecular flexibility index (Phi) is 5.75. The van der Waals surface area contributed by atoms with Gasteiger partial charge in [-0.05, 0) is 101 Å². The molecule has 0 aromatic heterocycles. The summed E-state index contributed by atoms with van der Waals surface area (Å²) >= 11 is 7.26. The molecule has 9 aromatic rings. The zero-order valence-electron chi connectivity index (χ0n) is 23.9. The van der Waals surface area contributed by atoms with Crippen molar-refractivity contribution in [2.45, 2.75) is 0 Å². The highest BCUT2D eigenvalue weighted by atomic mass is 32.4. The maximum Gasteiger partial charge on any atom is 0.0397 e. The average Bonchev–Trinajstić information content (AvgIpc) is 3.07. The fourth-order valence-electron chi connectivity index (χ4n) is 7.06. The Morgan fingerprint density at radius 2 is 0.523 bits per heavy atom. The van der Waals surface area contributed by atoms with E-state index in [1.54, 1.807) is 0 Å². The molecule has 2 heteroatoms. The van der Waals surface area contributed by atoms with Crippen LogP contribution in [0.5, 0.6) is 0 Å². The third-order valence-corrected chi connectivity index (χ3v) is 14.2. The molecule has 0 spiro atoms. The lowest BCUT2D eigenvalue weighted by molar-refractivity contribution is 1.77. The summed E-state index contributed by atoms with van der Waals surface area (Å²) in [6.45, 7) is 0. The van der Waals surface area contributed by atoms with Crippen LogP contribution >= 0.6 is 6.04 Å². The molecule has 0 atom stereocenters. The molecule has 0 heterocycles. The molecule has 0 nitrogen and oxygen atoms in total. The molecule has 0 bridgehead atoms. The molecule has 0 N–H and O–H groups in total. The molecule has 0 aliphatic rings. The molecule has 0 aliphatic heterocycles. The van der Waals surface area contributed by atoms with Gasteiger partial charge in [0.15, 0.2) is 0 Å². The van der Waals surface area contributed by atoms with Crippen molar-refractivity contribution in [1.29, 1.82) is 0 Å². The molecule has 9 rings (SSSR count). The second-order valence-electron chi connectivity index (χ2n) is 11.7. The summed E-state index contributed by atoms with van der Waals surface area (Å²) in [5, 5.41) is 18.6. The number of rotatable bonds is 3. The molecule has 0 radical (unpaired) electrons. The van der Waals surface area contributed by atoms with Crippen LogP contribution in [0.25, 0.3) is 64.6 Å². The first-order valence-corrected chi connectivity index (χ1v) is 17.8. The van der Waals surface area contributed by atoms with E-state index in [4.69, 9.17) is 11.8 Å². The second kappa shape index (κ2) is 9.86. The SMILES string of the molecule is S=P(c1cccc2cc3ccccc3cc12)(c1cccc2cc3ccccc3cc12)c1cccc2cc3ccccc3cc12. The van der Waals surface area contributed by atoms with Crippen molar-refractivity contribution >= 4 is 98.4 Å². The minimum absolute atomic E-state index is 1.23. The highest BCUT2D eigenvalue weighted by molar-refractivity contribution is 8.26. The van der Waals surface area contributed by atoms with E-state index in [0.717, 1.165) is 0 Å². The Hall–Kier alpha value is -4.81. The van der Waals surface area contributed by atoms with Gasteiger partial charge in [0.25, 0.3) is 0 Å². The van der Waals surface area contributed by atoms with Crippen LogP contribution in [0, 0.1) is 0 Å². The standard InChI is InChI=1S/C42H27PS/c44-43(40-19-7-16-34-22-28-10-1-4-13-31(28)25-37(34)40,41-20-8-17-35-23-29-11-2-5-14-32(29)26-38(35)41)42-21-9-18-36-24-30-12-3-6-15-33(30)27-39(36)42/h1-27H. The van der Waals surface area contributed by atoms with Gasteiger partial charge < -0.3 is 0 Å². The highest BCUT2D eigenvalue weighted by Crippen LogP contribution is 2.49. The van der Waals surface area contributed by atoms with Crippen LogP contribution in [0.4, 0.5) is 0 Å². The monoisotopic (exact) mass is 594 g/mol.